The first-order valence-corrected chi connectivity index (χ1v) is 10.9. The summed E-state index contributed by atoms with van der Waals surface area (Å²) in [6.07, 6.45) is 2.39. The Hall–Kier alpha value is -2.23. The fraction of sp³-hybridized carbons (Fsp3) is 0.304. The zero-order valence-electron chi connectivity index (χ0n) is 16.4. The van der Waals surface area contributed by atoms with E-state index in [1.54, 1.807) is 10.8 Å². The molecule has 30 heavy (non-hydrogen) atoms. The molecule has 1 aliphatic carbocycles. The second kappa shape index (κ2) is 9.28. The maximum Gasteiger partial charge on any atom is 0.328 e. The molecular weight excluding hydrogens is 495 g/mol. The van der Waals surface area contributed by atoms with Crippen LogP contribution in [0, 0.1) is 8.99 Å². The highest BCUT2D eigenvalue weighted by Crippen LogP contribution is 2.56. The molecule has 0 aliphatic heterocycles. The Balaban J connectivity index is 1.46. The van der Waals surface area contributed by atoms with E-state index in [0.717, 1.165) is 17.5 Å². The van der Waals surface area contributed by atoms with Crippen LogP contribution >= 0.6 is 22.6 Å². The molecule has 1 aliphatic rings. The Kier molecular flexibility index (Phi) is 6.50. The van der Waals surface area contributed by atoms with Gasteiger partial charge in [-0.15, -0.1) is 0 Å². The Morgan fingerprint density at radius 3 is 2.00 bits per heavy atom. The molecule has 0 spiro atoms. The van der Waals surface area contributed by atoms with Gasteiger partial charge in [-0.25, -0.2) is 4.79 Å². The molecule has 1 fully saturated rings. The summed E-state index contributed by atoms with van der Waals surface area (Å²) < 4.78 is 14.2. The topological polar surface area (TPSA) is 73.3 Å². The molecule has 1 N–H and O–H groups in total. The lowest BCUT2D eigenvalue weighted by molar-refractivity contribution is 0.00912. The number of rotatable bonds is 9. The number of H-pyrrole nitrogens is 1. The third-order valence-electron chi connectivity index (χ3n) is 5.41. The van der Waals surface area contributed by atoms with Crippen molar-refractivity contribution in [2.45, 2.75) is 25.7 Å². The van der Waals surface area contributed by atoms with Crippen LogP contribution in [-0.2, 0) is 22.7 Å². The number of halogens is 1. The average Bonchev–Trinajstić information content (AvgIpc) is 3.46. The largest absolute Gasteiger partial charge is 0.376 e. The van der Waals surface area contributed by atoms with Crippen LogP contribution in [0.2, 0.25) is 0 Å². The van der Waals surface area contributed by atoms with Crippen LogP contribution in [-0.4, -0.2) is 22.8 Å². The highest BCUT2D eigenvalue weighted by molar-refractivity contribution is 14.1. The fourth-order valence-corrected chi connectivity index (χ4v) is 4.09. The predicted octanol–water partition coefficient (Wildman–Crippen LogP) is 3.51. The lowest BCUT2D eigenvalue weighted by Gasteiger charge is -2.19. The number of hydrogen-bond acceptors (Lipinski definition) is 4. The average molecular weight is 518 g/mol. The van der Waals surface area contributed by atoms with Gasteiger partial charge in [-0.1, -0.05) is 60.7 Å². The van der Waals surface area contributed by atoms with Crippen LogP contribution < -0.4 is 11.2 Å². The van der Waals surface area contributed by atoms with Gasteiger partial charge in [0.05, 0.1) is 30.0 Å². The summed E-state index contributed by atoms with van der Waals surface area (Å²) in [5.74, 6) is 0. The van der Waals surface area contributed by atoms with Gasteiger partial charge in [0.1, 0.15) is 0 Å². The first-order chi connectivity index (χ1) is 14.6. The van der Waals surface area contributed by atoms with E-state index in [4.69, 9.17) is 9.47 Å². The molecule has 1 unspecified atom stereocenters. The second-order valence-electron chi connectivity index (χ2n) is 7.68. The van der Waals surface area contributed by atoms with Crippen molar-refractivity contribution in [1.82, 2.24) is 9.55 Å². The van der Waals surface area contributed by atoms with Gasteiger partial charge in [-0.3, -0.25) is 14.3 Å². The standard InChI is InChI=1S/C23H23IN2O4/c24-19-12-26(22(28)25-21(19)27)20-11-23(20,15-29-13-17-7-3-1-4-8-17)16-30-14-18-9-5-2-6-10-18/h1-10,12,20H,11,13-16H2,(H,25,27,28). The van der Waals surface area contributed by atoms with Crippen molar-refractivity contribution >= 4 is 22.6 Å². The molecule has 3 aromatic rings. The maximum absolute atomic E-state index is 12.4. The number of aromatic amines is 1. The number of aromatic nitrogens is 2. The van der Waals surface area contributed by atoms with Crippen molar-refractivity contribution in [2.24, 2.45) is 5.41 Å². The van der Waals surface area contributed by atoms with E-state index in [-0.39, 0.29) is 17.0 Å². The van der Waals surface area contributed by atoms with Crippen molar-refractivity contribution in [3.8, 4) is 0 Å². The van der Waals surface area contributed by atoms with E-state index in [1.807, 2.05) is 83.3 Å². The molecule has 0 radical (unpaired) electrons. The molecule has 0 bridgehead atoms. The van der Waals surface area contributed by atoms with Crippen LogP contribution in [0.3, 0.4) is 0 Å². The van der Waals surface area contributed by atoms with Crippen molar-refractivity contribution in [3.63, 3.8) is 0 Å². The van der Waals surface area contributed by atoms with Crippen LogP contribution in [0.25, 0.3) is 0 Å². The highest BCUT2D eigenvalue weighted by atomic mass is 127. The number of ether oxygens (including phenoxy) is 2. The van der Waals surface area contributed by atoms with E-state index < -0.39 is 5.69 Å². The van der Waals surface area contributed by atoms with Crippen LogP contribution in [0.5, 0.6) is 0 Å². The van der Waals surface area contributed by atoms with Crippen LogP contribution in [0.15, 0.2) is 76.4 Å². The van der Waals surface area contributed by atoms with Gasteiger partial charge in [0.15, 0.2) is 0 Å². The molecule has 1 heterocycles. The summed E-state index contributed by atoms with van der Waals surface area (Å²) in [7, 11) is 0. The number of hydrogen-bond donors (Lipinski definition) is 1. The Labute approximate surface area is 188 Å². The second-order valence-corrected chi connectivity index (χ2v) is 8.84. The number of benzene rings is 2. The van der Waals surface area contributed by atoms with E-state index in [9.17, 15) is 9.59 Å². The quantitative estimate of drug-likeness (QED) is 0.441. The van der Waals surface area contributed by atoms with Gasteiger partial charge in [0.25, 0.3) is 5.56 Å². The van der Waals surface area contributed by atoms with Crippen molar-refractivity contribution < 1.29 is 9.47 Å². The van der Waals surface area contributed by atoms with Gasteiger partial charge >= 0.3 is 5.69 Å². The molecule has 1 aromatic heterocycles. The molecule has 7 heteroatoms. The maximum atomic E-state index is 12.4. The van der Waals surface area contributed by atoms with E-state index in [0.29, 0.717) is 30.0 Å². The molecular formula is C23H23IN2O4. The molecule has 0 saturated heterocycles. The van der Waals surface area contributed by atoms with Crippen molar-refractivity contribution in [2.75, 3.05) is 13.2 Å². The third kappa shape index (κ3) is 4.91. The summed E-state index contributed by atoms with van der Waals surface area (Å²) in [5.41, 5.74) is 1.16. The summed E-state index contributed by atoms with van der Waals surface area (Å²) >= 11 is 1.95. The number of nitrogens with zero attached hydrogens (tertiary/aromatic N) is 1. The SMILES string of the molecule is O=c1[nH]c(=O)n(C2CC2(COCc2ccccc2)COCc2ccccc2)cc1I. The minimum absolute atomic E-state index is 0.0677. The summed E-state index contributed by atoms with van der Waals surface area (Å²) in [4.78, 5) is 26.5. The Morgan fingerprint density at radius 2 is 1.47 bits per heavy atom. The van der Waals surface area contributed by atoms with E-state index in [1.165, 1.54) is 0 Å². The molecule has 1 atom stereocenters. The van der Waals surface area contributed by atoms with E-state index in [2.05, 4.69) is 4.98 Å². The summed E-state index contributed by atoms with van der Waals surface area (Å²) in [6.45, 7) is 1.96. The lowest BCUT2D eigenvalue weighted by atomic mass is 10.1. The summed E-state index contributed by atoms with van der Waals surface area (Å²) in [5, 5.41) is 0. The third-order valence-corrected chi connectivity index (χ3v) is 6.18. The van der Waals surface area contributed by atoms with Crippen molar-refractivity contribution in [3.05, 3.63) is 102 Å². The van der Waals surface area contributed by atoms with E-state index >= 15 is 0 Å². The lowest BCUT2D eigenvalue weighted by Crippen LogP contribution is -2.33. The van der Waals surface area contributed by atoms with Crippen LogP contribution in [0.1, 0.15) is 23.6 Å². The first-order valence-electron chi connectivity index (χ1n) is 9.82. The normalized spacial score (nSPS) is 17.0. The van der Waals surface area contributed by atoms with Crippen LogP contribution in [0.4, 0.5) is 0 Å². The van der Waals surface area contributed by atoms with Gasteiger partial charge in [-0.05, 0) is 40.1 Å². The predicted molar refractivity (Wildman–Crippen MR) is 122 cm³/mol. The van der Waals surface area contributed by atoms with Gasteiger partial charge in [-0.2, -0.15) is 0 Å². The molecule has 6 nitrogen and oxygen atoms in total. The van der Waals surface area contributed by atoms with Crippen molar-refractivity contribution in [1.29, 1.82) is 0 Å². The molecule has 4 rings (SSSR count). The first kappa shape index (κ1) is 21.0. The smallest absolute Gasteiger partial charge is 0.328 e. The molecule has 156 valence electrons. The fourth-order valence-electron chi connectivity index (χ4n) is 3.66. The van der Waals surface area contributed by atoms with Gasteiger partial charge in [0.2, 0.25) is 0 Å². The van der Waals surface area contributed by atoms with Gasteiger partial charge in [0, 0.05) is 17.7 Å². The zero-order chi connectivity index (χ0) is 21.0. The highest BCUT2D eigenvalue weighted by Gasteiger charge is 2.56. The Bertz CT molecular complexity index is 1050. The summed E-state index contributed by atoms with van der Waals surface area (Å²) in [6, 6.07) is 19.9. The molecule has 2 aromatic carbocycles. The number of nitrogens with one attached hydrogen (secondary N) is 1. The monoisotopic (exact) mass is 518 g/mol. The minimum atomic E-state index is -0.390. The zero-order valence-corrected chi connectivity index (χ0v) is 18.6. The van der Waals surface area contributed by atoms with Gasteiger partial charge < -0.3 is 9.47 Å². The molecule has 0 amide bonds. The Morgan fingerprint density at radius 1 is 0.933 bits per heavy atom. The minimum Gasteiger partial charge on any atom is -0.376 e. The molecule has 1 saturated carbocycles.